The van der Waals surface area contributed by atoms with E-state index in [4.69, 9.17) is 4.74 Å². The topological polar surface area (TPSA) is 72.7 Å². The Bertz CT molecular complexity index is 641. The van der Waals surface area contributed by atoms with Gasteiger partial charge in [0, 0.05) is 19.8 Å². The molecule has 2 atom stereocenters. The van der Waals surface area contributed by atoms with Crippen LogP contribution in [0.4, 0.5) is 4.79 Å². The third kappa shape index (κ3) is 3.06. The second-order valence-corrected chi connectivity index (χ2v) is 6.10. The van der Waals surface area contributed by atoms with Crippen LogP contribution in [0.15, 0.2) is 30.3 Å². The first kappa shape index (κ1) is 15.5. The molecule has 0 saturated carbocycles. The van der Waals surface area contributed by atoms with Crippen molar-refractivity contribution in [3.8, 4) is 0 Å². The molecule has 1 aromatic carbocycles. The van der Waals surface area contributed by atoms with Gasteiger partial charge < -0.3 is 9.94 Å². The molecule has 0 N–H and O–H groups in total. The summed E-state index contributed by atoms with van der Waals surface area (Å²) in [4.78, 5) is 25.9. The van der Waals surface area contributed by atoms with Crippen molar-refractivity contribution in [2.45, 2.75) is 44.7 Å². The summed E-state index contributed by atoms with van der Waals surface area (Å²) in [6, 6.07) is 8.48. The molecule has 0 spiro atoms. The fourth-order valence-corrected chi connectivity index (χ4v) is 3.20. The van der Waals surface area contributed by atoms with Crippen molar-refractivity contribution >= 4 is 17.7 Å². The number of benzene rings is 1. The monoisotopic (exact) mass is 316 g/mol. The van der Waals surface area contributed by atoms with Crippen molar-refractivity contribution in [1.82, 2.24) is 4.90 Å². The van der Waals surface area contributed by atoms with Crippen LogP contribution in [0.1, 0.15) is 31.7 Å². The Hall–Kier alpha value is -2.37. The van der Waals surface area contributed by atoms with Crippen LogP contribution in [0.25, 0.3) is 0 Å². The minimum Gasteiger partial charge on any atom is -0.623 e. The molecule has 0 aliphatic carbocycles. The summed E-state index contributed by atoms with van der Waals surface area (Å²) in [5.41, 5.74) is 1.67. The number of rotatable bonds is 3. The van der Waals surface area contributed by atoms with Gasteiger partial charge in [0.15, 0.2) is 5.71 Å². The molecule has 1 saturated heterocycles. The average Bonchev–Trinajstić information content (AvgIpc) is 2.91. The quantitative estimate of drug-likeness (QED) is 0.632. The molecule has 0 bridgehead atoms. The lowest BCUT2D eigenvalue weighted by Gasteiger charge is -2.27. The van der Waals surface area contributed by atoms with Crippen molar-refractivity contribution in [3.05, 3.63) is 41.1 Å². The Balaban J connectivity index is 1.80. The van der Waals surface area contributed by atoms with E-state index in [0.717, 1.165) is 21.6 Å². The zero-order valence-electron chi connectivity index (χ0n) is 13.1. The van der Waals surface area contributed by atoms with Gasteiger partial charge in [-0.05, 0) is 18.4 Å². The summed E-state index contributed by atoms with van der Waals surface area (Å²) < 4.78 is 5.82. The molecule has 3 rings (SSSR count). The fraction of sp³-hybridized carbons (Fsp3) is 0.471. The van der Waals surface area contributed by atoms with Crippen molar-refractivity contribution < 1.29 is 19.1 Å². The van der Waals surface area contributed by atoms with E-state index in [-0.39, 0.29) is 12.6 Å². The molecule has 2 amide bonds. The number of cyclic esters (lactones) is 1. The average molecular weight is 316 g/mol. The molecule has 2 aliphatic heterocycles. The maximum Gasteiger partial charge on any atom is 0.417 e. The zero-order chi connectivity index (χ0) is 16.4. The van der Waals surface area contributed by atoms with Gasteiger partial charge in [-0.15, -0.1) is 0 Å². The Morgan fingerprint density at radius 1 is 1.39 bits per heavy atom. The van der Waals surface area contributed by atoms with Gasteiger partial charge in [-0.25, -0.2) is 14.4 Å². The summed E-state index contributed by atoms with van der Waals surface area (Å²) in [6.45, 7) is 1.91. The molecular formula is C17H20N2O4. The van der Waals surface area contributed by atoms with E-state index in [1.807, 2.05) is 30.3 Å². The van der Waals surface area contributed by atoms with Crippen LogP contribution in [0.2, 0.25) is 0 Å². The summed E-state index contributed by atoms with van der Waals surface area (Å²) >= 11 is 0. The molecule has 6 nitrogen and oxygen atoms in total. The van der Waals surface area contributed by atoms with Gasteiger partial charge in [-0.1, -0.05) is 30.3 Å². The number of hydroxylamine groups is 1. The predicted octanol–water partition coefficient (Wildman–Crippen LogP) is 2.10. The highest BCUT2D eigenvalue weighted by molar-refractivity contribution is 5.96. The highest BCUT2D eigenvalue weighted by Crippen LogP contribution is 2.22. The molecule has 1 fully saturated rings. The zero-order valence-corrected chi connectivity index (χ0v) is 13.1. The summed E-state index contributed by atoms with van der Waals surface area (Å²) in [7, 11) is 0. The van der Waals surface area contributed by atoms with Crippen molar-refractivity contribution in [2.24, 2.45) is 0 Å². The fourth-order valence-electron chi connectivity index (χ4n) is 3.20. The number of carbonyl (C=O) groups excluding carboxylic acids is 2. The second kappa shape index (κ2) is 6.40. The highest BCUT2D eigenvalue weighted by atomic mass is 16.6. The largest absolute Gasteiger partial charge is 0.623 e. The van der Waals surface area contributed by atoms with Gasteiger partial charge in [0.05, 0.1) is 6.04 Å². The number of hydrogen-bond acceptors (Lipinski definition) is 4. The Morgan fingerprint density at radius 2 is 2.13 bits per heavy atom. The minimum atomic E-state index is -0.812. The van der Waals surface area contributed by atoms with Gasteiger partial charge in [0.2, 0.25) is 6.04 Å². The number of nitrogens with zero attached hydrogens (tertiary/aromatic N) is 2. The third-order valence-electron chi connectivity index (χ3n) is 4.47. The van der Waals surface area contributed by atoms with E-state index in [0.29, 0.717) is 25.0 Å². The maximum atomic E-state index is 12.7. The summed E-state index contributed by atoms with van der Waals surface area (Å²) in [5, 5.41) is 12.2. The third-order valence-corrected chi connectivity index (χ3v) is 4.47. The second-order valence-electron chi connectivity index (χ2n) is 6.10. The van der Waals surface area contributed by atoms with Gasteiger partial charge in [0.25, 0.3) is 0 Å². The molecule has 23 heavy (non-hydrogen) atoms. The van der Waals surface area contributed by atoms with E-state index in [1.165, 1.54) is 0 Å². The van der Waals surface area contributed by atoms with Gasteiger partial charge in [-0.2, -0.15) is 0 Å². The molecule has 0 aromatic heterocycles. The minimum absolute atomic E-state index is 0.174. The number of imide groups is 1. The lowest BCUT2D eigenvalue weighted by Crippen LogP contribution is -2.50. The maximum absolute atomic E-state index is 12.7. The Morgan fingerprint density at radius 3 is 2.87 bits per heavy atom. The van der Waals surface area contributed by atoms with Crippen LogP contribution in [0.3, 0.4) is 0 Å². The number of ether oxygens (including phenoxy) is 1. The van der Waals surface area contributed by atoms with E-state index in [1.54, 1.807) is 6.92 Å². The lowest BCUT2D eigenvalue weighted by molar-refractivity contribution is -0.494. The SMILES string of the molecule is CC1=[N+]([O-])[C@@H](C(=O)N2C(=O)OC[C@H]2Cc2ccccc2)CCC1. The molecule has 122 valence electrons. The summed E-state index contributed by atoms with van der Waals surface area (Å²) in [6.07, 6.45) is 1.85. The molecule has 2 aliphatic rings. The first-order valence-corrected chi connectivity index (χ1v) is 7.90. The van der Waals surface area contributed by atoms with Crippen molar-refractivity contribution in [3.63, 3.8) is 0 Å². The van der Waals surface area contributed by atoms with E-state index in [9.17, 15) is 14.8 Å². The number of hydrogen-bond donors (Lipinski definition) is 0. The van der Waals surface area contributed by atoms with Crippen molar-refractivity contribution in [1.29, 1.82) is 0 Å². The summed E-state index contributed by atoms with van der Waals surface area (Å²) in [5.74, 6) is -0.442. The van der Waals surface area contributed by atoms with Crippen LogP contribution >= 0.6 is 0 Å². The highest BCUT2D eigenvalue weighted by Gasteiger charge is 2.44. The predicted molar refractivity (Wildman–Crippen MR) is 84.1 cm³/mol. The van der Waals surface area contributed by atoms with E-state index >= 15 is 0 Å². The van der Waals surface area contributed by atoms with Gasteiger partial charge in [-0.3, -0.25) is 4.79 Å². The Kier molecular flexibility index (Phi) is 4.32. The molecule has 1 aromatic rings. The van der Waals surface area contributed by atoms with Crippen molar-refractivity contribution in [2.75, 3.05) is 6.61 Å². The molecule has 0 radical (unpaired) electrons. The molecule has 6 heteroatoms. The molecule has 0 unspecified atom stereocenters. The van der Waals surface area contributed by atoms with E-state index < -0.39 is 18.0 Å². The standard InChI is InChI=1S/C17H20N2O4/c1-12-6-5-9-15(19(12)22)16(20)18-14(11-23-17(18)21)10-13-7-3-2-4-8-13/h2-4,7-8,14-15H,5-6,9-11H2,1H3/t14-,15-/m1/s1. The first-order chi connectivity index (χ1) is 11.1. The first-order valence-electron chi connectivity index (χ1n) is 7.90. The van der Waals surface area contributed by atoms with Crippen LogP contribution in [-0.2, 0) is 16.0 Å². The van der Waals surface area contributed by atoms with Crippen LogP contribution in [-0.4, -0.2) is 46.0 Å². The van der Waals surface area contributed by atoms with Gasteiger partial charge >= 0.3 is 12.0 Å². The Labute approximate surface area is 134 Å². The number of carbonyl (C=O) groups is 2. The normalized spacial score (nSPS) is 24.7. The van der Waals surface area contributed by atoms with E-state index in [2.05, 4.69) is 0 Å². The number of amides is 2. The van der Waals surface area contributed by atoms with Crippen LogP contribution < -0.4 is 0 Å². The lowest BCUT2D eigenvalue weighted by atomic mass is 10.0. The molecule has 2 heterocycles. The molecular weight excluding hydrogens is 296 g/mol. The van der Waals surface area contributed by atoms with Crippen LogP contribution in [0, 0.1) is 5.21 Å². The van der Waals surface area contributed by atoms with Gasteiger partial charge in [0.1, 0.15) is 6.61 Å². The van der Waals surface area contributed by atoms with Crippen LogP contribution in [0.5, 0.6) is 0 Å². The smallest absolute Gasteiger partial charge is 0.417 e.